The SMILES string of the molecule is Cc1ccc(C(N)C(=O)NCCc2ccsc2)cc1.Cl. The zero-order valence-electron chi connectivity index (χ0n) is 11.3. The van der Waals surface area contributed by atoms with Crippen LogP contribution in [0.25, 0.3) is 0 Å². The lowest BCUT2D eigenvalue weighted by Crippen LogP contribution is -2.35. The minimum Gasteiger partial charge on any atom is -0.354 e. The van der Waals surface area contributed by atoms with Crippen LogP contribution in [0.4, 0.5) is 0 Å². The van der Waals surface area contributed by atoms with Crippen LogP contribution < -0.4 is 11.1 Å². The molecule has 2 aromatic rings. The number of rotatable bonds is 5. The van der Waals surface area contributed by atoms with Gasteiger partial charge in [0.1, 0.15) is 6.04 Å². The second-order valence-corrected chi connectivity index (χ2v) is 5.34. The predicted octanol–water partition coefficient (Wildman–Crippen LogP) is 2.84. The summed E-state index contributed by atoms with van der Waals surface area (Å²) >= 11 is 1.67. The van der Waals surface area contributed by atoms with Gasteiger partial charge < -0.3 is 11.1 Å². The first-order valence-electron chi connectivity index (χ1n) is 6.28. The van der Waals surface area contributed by atoms with E-state index >= 15 is 0 Å². The number of benzene rings is 1. The Bertz CT molecular complexity index is 525. The fourth-order valence-electron chi connectivity index (χ4n) is 1.80. The lowest BCUT2D eigenvalue weighted by molar-refractivity contribution is -0.122. The van der Waals surface area contributed by atoms with Gasteiger partial charge in [0.15, 0.2) is 0 Å². The fraction of sp³-hybridized carbons (Fsp3) is 0.267. The Balaban J connectivity index is 0.00000200. The van der Waals surface area contributed by atoms with E-state index in [-0.39, 0.29) is 18.3 Å². The van der Waals surface area contributed by atoms with Gasteiger partial charge in [-0.25, -0.2) is 0 Å². The first-order chi connectivity index (χ1) is 9.16. The molecule has 0 aliphatic rings. The molecule has 1 aromatic carbocycles. The molecule has 0 fully saturated rings. The predicted molar refractivity (Wildman–Crippen MR) is 86.4 cm³/mol. The van der Waals surface area contributed by atoms with E-state index in [1.54, 1.807) is 11.3 Å². The Hall–Kier alpha value is -1.36. The van der Waals surface area contributed by atoms with Crippen molar-refractivity contribution >= 4 is 29.7 Å². The van der Waals surface area contributed by atoms with Crippen molar-refractivity contribution in [1.82, 2.24) is 5.32 Å². The maximum Gasteiger partial charge on any atom is 0.241 e. The van der Waals surface area contributed by atoms with E-state index < -0.39 is 6.04 Å². The van der Waals surface area contributed by atoms with Crippen LogP contribution >= 0.6 is 23.7 Å². The molecule has 1 heterocycles. The van der Waals surface area contributed by atoms with Gasteiger partial charge in [-0.2, -0.15) is 11.3 Å². The monoisotopic (exact) mass is 310 g/mol. The third-order valence-electron chi connectivity index (χ3n) is 3.01. The molecule has 1 unspecified atom stereocenters. The van der Waals surface area contributed by atoms with E-state index in [0.29, 0.717) is 6.54 Å². The maximum atomic E-state index is 11.9. The lowest BCUT2D eigenvalue weighted by atomic mass is 10.1. The van der Waals surface area contributed by atoms with Crippen LogP contribution in [-0.2, 0) is 11.2 Å². The summed E-state index contributed by atoms with van der Waals surface area (Å²) in [6.45, 7) is 2.63. The van der Waals surface area contributed by atoms with Crippen LogP contribution in [0.5, 0.6) is 0 Å². The summed E-state index contributed by atoms with van der Waals surface area (Å²) in [5.41, 5.74) is 9.19. The molecular weight excluding hydrogens is 292 g/mol. The molecule has 2 rings (SSSR count). The molecule has 1 atom stereocenters. The number of nitrogens with one attached hydrogen (secondary N) is 1. The van der Waals surface area contributed by atoms with Gasteiger partial charge in [0, 0.05) is 6.54 Å². The minimum atomic E-state index is -0.594. The summed E-state index contributed by atoms with van der Waals surface area (Å²) in [4.78, 5) is 11.9. The molecule has 3 nitrogen and oxygen atoms in total. The van der Waals surface area contributed by atoms with Crippen molar-refractivity contribution in [3.05, 3.63) is 57.8 Å². The summed E-state index contributed by atoms with van der Waals surface area (Å²) < 4.78 is 0. The Morgan fingerprint density at radius 3 is 2.60 bits per heavy atom. The highest BCUT2D eigenvalue weighted by Crippen LogP contribution is 2.11. The average Bonchev–Trinajstić information content (AvgIpc) is 2.92. The molecule has 0 radical (unpaired) electrons. The van der Waals surface area contributed by atoms with Crippen molar-refractivity contribution < 1.29 is 4.79 Å². The van der Waals surface area contributed by atoms with E-state index in [1.165, 1.54) is 5.56 Å². The Kier molecular flexibility index (Phi) is 6.71. The topological polar surface area (TPSA) is 55.1 Å². The van der Waals surface area contributed by atoms with Gasteiger partial charge in [0.25, 0.3) is 0 Å². The van der Waals surface area contributed by atoms with E-state index in [9.17, 15) is 4.79 Å². The van der Waals surface area contributed by atoms with Crippen molar-refractivity contribution in [3.63, 3.8) is 0 Å². The standard InChI is InChI=1S/C15H18N2OS.ClH/c1-11-2-4-13(5-3-11)14(16)15(18)17-8-6-12-7-9-19-10-12;/h2-5,7,9-10,14H,6,8,16H2,1H3,(H,17,18);1H. The van der Waals surface area contributed by atoms with E-state index in [2.05, 4.69) is 16.8 Å². The molecule has 0 saturated heterocycles. The quantitative estimate of drug-likeness (QED) is 0.892. The number of halogens is 1. The largest absolute Gasteiger partial charge is 0.354 e. The van der Waals surface area contributed by atoms with Crippen LogP contribution in [0.2, 0.25) is 0 Å². The lowest BCUT2D eigenvalue weighted by Gasteiger charge is -2.12. The van der Waals surface area contributed by atoms with Gasteiger partial charge in [-0.05, 0) is 41.3 Å². The van der Waals surface area contributed by atoms with Gasteiger partial charge in [-0.1, -0.05) is 29.8 Å². The molecule has 0 spiro atoms. The second kappa shape index (κ2) is 8.04. The second-order valence-electron chi connectivity index (χ2n) is 4.56. The number of thiophene rings is 1. The maximum absolute atomic E-state index is 11.9. The zero-order chi connectivity index (χ0) is 13.7. The van der Waals surface area contributed by atoms with E-state index in [4.69, 9.17) is 5.73 Å². The number of amides is 1. The Morgan fingerprint density at radius 2 is 2.00 bits per heavy atom. The van der Waals surface area contributed by atoms with Gasteiger partial charge in [-0.3, -0.25) is 4.79 Å². The highest BCUT2D eigenvalue weighted by atomic mass is 35.5. The van der Waals surface area contributed by atoms with Gasteiger partial charge in [0.2, 0.25) is 5.91 Å². The molecule has 108 valence electrons. The molecule has 0 aliphatic heterocycles. The molecular formula is C15H19ClN2OS. The highest BCUT2D eigenvalue weighted by Gasteiger charge is 2.14. The van der Waals surface area contributed by atoms with Crippen molar-refractivity contribution in [3.8, 4) is 0 Å². The Labute approximate surface area is 129 Å². The van der Waals surface area contributed by atoms with Crippen LogP contribution in [0.15, 0.2) is 41.1 Å². The number of carbonyl (C=O) groups is 1. The summed E-state index contributed by atoms with van der Waals surface area (Å²) in [7, 11) is 0. The fourth-order valence-corrected chi connectivity index (χ4v) is 2.50. The molecule has 0 aliphatic carbocycles. The molecule has 1 aromatic heterocycles. The smallest absolute Gasteiger partial charge is 0.241 e. The van der Waals surface area contributed by atoms with Crippen molar-refractivity contribution in [1.29, 1.82) is 0 Å². The van der Waals surface area contributed by atoms with Crippen LogP contribution in [0.3, 0.4) is 0 Å². The summed E-state index contributed by atoms with van der Waals surface area (Å²) in [5.74, 6) is -0.126. The van der Waals surface area contributed by atoms with Crippen molar-refractivity contribution in [2.75, 3.05) is 6.54 Å². The normalized spacial score (nSPS) is 11.5. The van der Waals surface area contributed by atoms with Crippen molar-refractivity contribution in [2.24, 2.45) is 5.73 Å². The minimum absolute atomic E-state index is 0. The van der Waals surface area contributed by atoms with E-state index in [0.717, 1.165) is 17.5 Å². The number of aryl methyl sites for hydroxylation is 1. The number of hydrogen-bond donors (Lipinski definition) is 2. The highest BCUT2D eigenvalue weighted by molar-refractivity contribution is 7.07. The van der Waals surface area contributed by atoms with E-state index in [1.807, 2.05) is 36.6 Å². The summed E-state index contributed by atoms with van der Waals surface area (Å²) in [6.07, 6.45) is 0.843. The first-order valence-corrected chi connectivity index (χ1v) is 7.22. The van der Waals surface area contributed by atoms with Crippen LogP contribution in [0, 0.1) is 6.92 Å². The molecule has 0 bridgehead atoms. The van der Waals surface area contributed by atoms with Crippen LogP contribution in [-0.4, -0.2) is 12.5 Å². The molecule has 5 heteroatoms. The summed E-state index contributed by atoms with van der Waals surface area (Å²) in [6, 6.07) is 9.21. The van der Waals surface area contributed by atoms with Crippen LogP contribution in [0.1, 0.15) is 22.7 Å². The number of hydrogen-bond acceptors (Lipinski definition) is 3. The number of nitrogens with two attached hydrogens (primary N) is 1. The molecule has 3 N–H and O–H groups in total. The average molecular weight is 311 g/mol. The van der Waals surface area contributed by atoms with Gasteiger partial charge in [0.05, 0.1) is 0 Å². The Morgan fingerprint density at radius 1 is 1.30 bits per heavy atom. The third-order valence-corrected chi connectivity index (χ3v) is 3.74. The van der Waals surface area contributed by atoms with Gasteiger partial charge >= 0.3 is 0 Å². The van der Waals surface area contributed by atoms with Crippen molar-refractivity contribution in [2.45, 2.75) is 19.4 Å². The molecule has 20 heavy (non-hydrogen) atoms. The molecule has 1 amide bonds. The molecule has 0 saturated carbocycles. The third kappa shape index (κ3) is 4.63. The van der Waals surface area contributed by atoms with Gasteiger partial charge in [-0.15, -0.1) is 12.4 Å². The summed E-state index contributed by atoms with van der Waals surface area (Å²) in [5, 5.41) is 7.00. The first kappa shape index (κ1) is 16.7. The zero-order valence-corrected chi connectivity index (χ0v) is 13.0. The number of carbonyl (C=O) groups excluding carboxylic acids is 1.